The molecule has 4 nitrogen and oxygen atoms in total. The highest BCUT2D eigenvalue weighted by molar-refractivity contribution is 5.85. The van der Waals surface area contributed by atoms with Gasteiger partial charge in [-0.2, -0.15) is 0 Å². The van der Waals surface area contributed by atoms with Gasteiger partial charge in [0, 0.05) is 37.5 Å². The Hall–Kier alpha value is -1.84. The highest BCUT2D eigenvalue weighted by Crippen LogP contribution is 2.48. The highest BCUT2D eigenvalue weighted by atomic mass is 16.2. The number of hydrogen-bond acceptors (Lipinski definition) is 2. The lowest BCUT2D eigenvalue weighted by Crippen LogP contribution is -2.57. The van der Waals surface area contributed by atoms with Crippen LogP contribution in [-0.2, 0) is 16.0 Å². The summed E-state index contributed by atoms with van der Waals surface area (Å²) in [5, 5.41) is 0. The van der Waals surface area contributed by atoms with Crippen LogP contribution in [0.1, 0.15) is 57.4 Å². The van der Waals surface area contributed by atoms with Crippen molar-refractivity contribution in [1.82, 2.24) is 9.80 Å². The summed E-state index contributed by atoms with van der Waals surface area (Å²) in [6, 6.07) is 10.8. The molecule has 4 heteroatoms. The number of carbonyl (C=O) groups is 2. The fourth-order valence-corrected chi connectivity index (χ4v) is 4.88. The Labute approximate surface area is 162 Å². The van der Waals surface area contributed by atoms with Crippen LogP contribution in [0.4, 0.5) is 0 Å². The molecule has 2 aliphatic heterocycles. The SMILES string of the molecule is CC1(C(=O)N2CCC[C@@H]3CN(C(=O)CCCc4ccccc4)CC[C@@H]32)CC1. The zero-order valence-electron chi connectivity index (χ0n) is 16.5. The van der Waals surface area contributed by atoms with Crippen LogP contribution in [0.5, 0.6) is 0 Å². The molecular weight excluding hydrogens is 336 g/mol. The van der Waals surface area contributed by atoms with Gasteiger partial charge in [-0.1, -0.05) is 37.3 Å². The van der Waals surface area contributed by atoms with Gasteiger partial charge < -0.3 is 9.80 Å². The minimum Gasteiger partial charge on any atom is -0.342 e. The Kier molecular flexibility index (Phi) is 5.25. The van der Waals surface area contributed by atoms with Crippen molar-refractivity contribution in [2.45, 2.75) is 64.3 Å². The number of fused-ring (bicyclic) bond motifs is 1. The van der Waals surface area contributed by atoms with E-state index in [9.17, 15) is 9.59 Å². The molecular formula is C23H32N2O2. The Morgan fingerprint density at radius 3 is 2.63 bits per heavy atom. The van der Waals surface area contributed by atoms with Crippen LogP contribution in [0.2, 0.25) is 0 Å². The third-order valence-electron chi connectivity index (χ3n) is 6.90. The zero-order valence-corrected chi connectivity index (χ0v) is 16.5. The number of rotatable bonds is 5. The average molecular weight is 369 g/mol. The number of benzene rings is 1. The van der Waals surface area contributed by atoms with Gasteiger partial charge in [-0.25, -0.2) is 0 Å². The second-order valence-electron chi connectivity index (χ2n) is 9.00. The van der Waals surface area contributed by atoms with E-state index >= 15 is 0 Å². The summed E-state index contributed by atoms with van der Waals surface area (Å²) < 4.78 is 0. The van der Waals surface area contributed by atoms with Crippen molar-refractivity contribution in [3.63, 3.8) is 0 Å². The third kappa shape index (κ3) is 4.04. The number of nitrogens with zero attached hydrogens (tertiary/aromatic N) is 2. The largest absolute Gasteiger partial charge is 0.342 e. The van der Waals surface area contributed by atoms with E-state index in [0.29, 0.717) is 30.2 Å². The number of aryl methyl sites for hydroxylation is 1. The average Bonchev–Trinajstić information content (AvgIpc) is 3.46. The van der Waals surface area contributed by atoms with Crippen molar-refractivity contribution in [2.24, 2.45) is 11.3 Å². The monoisotopic (exact) mass is 368 g/mol. The van der Waals surface area contributed by atoms with Gasteiger partial charge in [0.25, 0.3) is 0 Å². The van der Waals surface area contributed by atoms with Gasteiger partial charge in [0.05, 0.1) is 0 Å². The van der Waals surface area contributed by atoms with Crippen molar-refractivity contribution in [1.29, 1.82) is 0 Å². The summed E-state index contributed by atoms with van der Waals surface area (Å²) in [5.74, 6) is 1.14. The molecule has 2 atom stereocenters. The van der Waals surface area contributed by atoms with Crippen molar-refractivity contribution >= 4 is 11.8 Å². The number of carbonyl (C=O) groups excluding carboxylic acids is 2. The van der Waals surface area contributed by atoms with E-state index in [1.54, 1.807) is 0 Å². The third-order valence-corrected chi connectivity index (χ3v) is 6.90. The van der Waals surface area contributed by atoms with E-state index in [-0.39, 0.29) is 5.41 Å². The smallest absolute Gasteiger partial charge is 0.228 e. The summed E-state index contributed by atoms with van der Waals surface area (Å²) in [4.78, 5) is 29.8. The van der Waals surface area contributed by atoms with Crippen LogP contribution < -0.4 is 0 Å². The summed E-state index contributed by atoms with van der Waals surface area (Å²) in [6.45, 7) is 4.69. The van der Waals surface area contributed by atoms with Crippen LogP contribution in [0.15, 0.2) is 30.3 Å². The van der Waals surface area contributed by atoms with Gasteiger partial charge in [0.1, 0.15) is 0 Å². The lowest BCUT2D eigenvalue weighted by atomic mass is 9.83. The molecule has 0 spiro atoms. The summed E-state index contributed by atoms with van der Waals surface area (Å²) in [6.07, 6.45) is 7.79. The molecule has 2 heterocycles. The topological polar surface area (TPSA) is 40.6 Å². The summed E-state index contributed by atoms with van der Waals surface area (Å²) in [7, 11) is 0. The van der Waals surface area contributed by atoms with Crippen molar-refractivity contribution in [3.8, 4) is 0 Å². The fourth-order valence-electron chi connectivity index (χ4n) is 4.88. The van der Waals surface area contributed by atoms with Crippen LogP contribution in [0.25, 0.3) is 0 Å². The maximum Gasteiger partial charge on any atom is 0.228 e. The molecule has 1 aromatic carbocycles. The van der Waals surface area contributed by atoms with Gasteiger partial charge in [-0.15, -0.1) is 0 Å². The van der Waals surface area contributed by atoms with Crippen LogP contribution in [0.3, 0.4) is 0 Å². The molecule has 0 unspecified atom stereocenters. The Morgan fingerprint density at radius 1 is 1.11 bits per heavy atom. The van der Waals surface area contributed by atoms with E-state index in [4.69, 9.17) is 0 Å². The minimum atomic E-state index is -0.0771. The quantitative estimate of drug-likeness (QED) is 0.796. The highest BCUT2D eigenvalue weighted by Gasteiger charge is 2.50. The van der Waals surface area contributed by atoms with E-state index in [1.807, 2.05) is 6.07 Å². The predicted molar refractivity (Wildman–Crippen MR) is 106 cm³/mol. The lowest BCUT2D eigenvalue weighted by Gasteiger charge is -2.48. The Balaban J connectivity index is 1.29. The maximum absolute atomic E-state index is 12.9. The second kappa shape index (κ2) is 7.65. The number of hydrogen-bond donors (Lipinski definition) is 0. The van der Waals surface area contributed by atoms with Gasteiger partial charge in [-0.3, -0.25) is 9.59 Å². The molecule has 0 aromatic heterocycles. The predicted octanol–water partition coefficient (Wildman–Crippen LogP) is 3.65. The molecule has 1 aliphatic carbocycles. The summed E-state index contributed by atoms with van der Waals surface area (Å²) in [5.41, 5.74) is 1.23. The summed E-state index contributed by atoms with van der Waals surface area (Å²) >= 11 is 0. The standard InChI is InChI=1S/C23H32N2O2/c1-23(13-14-23)22(27)25-15-6-10-19-17-24(16-12-20(19)25)21(26)11-5-9-18-7-3-2-4-8-18/h2-4,7-8,19-20H,5-6,9-17H2,1H3/t19-,20+/m1/s1. The number of amides is 2. The molecule has 3 fully saturated rings. The normalized spacial score (nSPS) is 26.4. The molecule has 27 heavy (non-hydrogen) atoms. The molecule has 146 valence electrons. The van der Waals surface area contributed by atoms with Crippen LogP contribution >= 0.6 is 0 Å². The van der Waals surface area contributed by atoms with Gasteiger partial charge in [0.15, 0.2) is 0 Å². The first-order valence-electron chi connectivity index (χ1n) is 10.7. The molecule has 4 rings (SSSR count). The first-order valence-corrected chi connectivity index (χ1v) is 10.7. The molecule has 2 amide bonds. The molecule has 1 aromatic rings. The van der Waals surface area contributed by atoms with Gasteiger partial charge in [-0.05, 0) is 56.4 Å². The van der Waals surface area contributed by atoms with Gasteiger partial charge >= 0.3 is 0 Å². The number of likely N-dealkylation sites (tertiary alicyclic amines) is 2. The van der Waals surface area contributed by atoms with E-state index < -0.39 is 0 Å². The first kappa shape index (κ1) is 18.5. The Bertz CT molecular complexity index is 683. The molecule has 0 N–H and O–H groups in total. The molecule has 0 bridgehead atoms. The first-order chi connectivity index (χ1) is 13.1. The van der Waals surface area contributed by atoms with Crippen molar-refractivity contribution < 1.29 is 9.59 Å². The van der Waals surface area contributed by atoms with Crippen LogP contribution in [0, 0.1) is 11.3 Å². The van der Waals surface area contributed by atoms with E-state index in [1.165, 1.54) is 5.56 Å². The van der Waals surface area contributed by atoms with Crippen molar-refractivity contribution in [3.05, 3.63) is 35.9 Å². The molecule has 3 aliphatic rings. The second-order valence-corrected chi connectivity index (χ2v) is 9.00. The lowest BCUT2D eigenvalue weighted by molar-refractivity contribution is -0.145. The fraction of sp³-hybridized carbons (Fsp3) is 0.652. The van der Waals surface area contributed by atoms with E-state index in [0.717, 1.165) is 64.6 Å². The van der Waals surface area contributed by atoms with E-state index in [2.05, 4.69) is 41.0 Å². The molecule has 0 radical (unpaired) electrons. The molecule has 2 saturated heterocycles. The number of piperidine rings is 2. The maximum atomic E-state index is 12.9. The zero-order chi connectivity index (χ0) is 18.9. The van der Waals surface area contributed by atoms with Crippen molar-refractivity contribution in [2.75, 3.05) is 19.6 Å². The van der Waals surface area contributed by atoms with Gasteiger partial charge in [0.2, 0.25) is 11.8 Å². The van der Waals surface area contributed by atoms with Crippen LogP contribution in [-0.4, -0.2) is 47.3 Å². The minimum absolute atomic E-state index is 0.0771. The molecule has 1 saturated carbocycles. The Morgan fingerprint density at radius 2 is 1.89 bits per heavy atom.